The molecule has 1 aliphatic rings. The number of nitrogens with zero attached hydrogens (tertiary/aromatic N) is 1. The molecular weight excluding hydrogens is 230 g/mol. The van der Waals surface area contributed by atoms with E-state index in [-0.39, 0.29) is 18.4 Å². The van der Waals surface area contributed by atoms with E-state index in [1.54, 1.807) is 4.90 Å². The number of amides is 1. The van der Waals surface area contributed by atoms with Gasteiger partial charge in [-0.25, -0.2) is 0 Å². The van der Waals surface area contributed by atoms with E-state index in [1.807, 2.05) is 38.1 Å². The zero-order valence-corrected chi connectivity index (χ0v) is 10.6. The van der Waals surface area contributed by atoms with E-state index in [2.05, 4.69) is 0 Å². The molecule has 1 unspecified atom stereocenters. The number of fused-ring (bicyclic) bond motifs is 1. The topological polar surface area (TPSA) is 57.6 Å². The lowest BCUT2D eigenvalue weighted by atomic mass is 9.89. The molecule has 0 fully saturated rings. The van der Waals surface area contributed by atoms with Crippen LogP contribution in [0.2, 0.25) is 0 Å². The summed E-state index contributed by atoms with van der Waals surface area (Å²) in [6, 6.07) is 7.45. The summed E-state index contributed by atoms with van der Waals surface area (Å²) in [5.74, 6) is -1.58. The first kappa shape index (κ1) is 12.6. The summed E-state index contributed by atoms with van der Waals surface area (Å²) in [6.07, 6.45) is 0. The summed E-state index contributed by atoms with van der Waals surface area (Å²) in [7, 11) is 0. The standard InChI is InChI=1S/C14H17NO3/c1-9(2)13(16)15-7-10-5-3-4-6-11(10)12(8-15)14(17)18/h3-6,9,12H,7-8H2,1-2H3,(H,17,18). The Morgan fingerprint density at radius 3 is 2.61 bits per heavy atom. The molecule has 0 aromatic heterocycles. The Balaban J connectivity index is 2.34. The molecule has 1 heterocycles. The van der Waals surface area contributed by atoms with Crippen LogP contribution in [0, 0.1) is 5.92 Å². The van der Waals surface area contributed by atoms with Crippen molar-refractivity contribution in [1.82, 2.24) is 4.90 Å². The highest BCUT2D eigenvalue weighted by molar-refractivity contribution is 5.82. The third-order valence-corrected chi connectivity index (χ3v) is 3.30. The van der Waals surface area contributed by atoms with Crippen LogP contribution in [0.25, 0.3) is 0 Å². The number of aliphatic carboxylic acids is 1. The van der Waals surface area contributed by atoms with Gasteiger partial charge in [0.2, 0.25) is 5.91 Å². The zero-order valence-electron chi connectivity index (χ0n) is 10.6. The first-order valence-corrected chi connectivity index (χ1v) is 6.10. The summed E-state index contributed by atoms with van der Waals surface area (Å²) in [5, 5.41) is 9.29. The van der Waals surface area contributed by atoms with Crippen molar-refractivity contribution >= 4 is 11.9 Å². The fraction of sp³-hybridized carbons (Fsp3) is 0.429. The quantitative estimate of drug-likeness (QED) is 0.867. The van der Waals surface area contributed by atoms with Crippen LogP contribution < -0.4 is 0 Å². The minimum atomic E-state index is -0.872. The molecule has 0 bridgehead atoms. The summed E-state index contributed by atoms with van der Waals surface area (Å²) in [6.45, 7) is 4.44. The van der Waals surface area contributed by atoms with Crippen LogP contribution in [-0.4, -0.2) is 28.4 Å². The van der Waals surface area contributed by atoms with Crippen LogP contribution >= 0.6 is 0 Å². The number of carbonyl (C=O) groups excluding carboxylic acids is 1. The van der Waals surface area contributed by atoms with Gasteiger partial charge in [0.15, 0.2) is 0 Å². The van der Waals surface area contributed by atoms with Gasteiger partial charge in [0.05, 0.1) is 5.92 Å². The molecule has 4 heteroatoms. The molecule has 1 N–H and O–H groups in total. The summed E-state index contributed by atoms with van der Waals surface area (Å²) >= 11 is 0. The van der Waals surface area contributed by atoms with Crippen molar-refractivity contribution in [3.8, 4) is 0 Å². The molecule has 18 heavy (non-hydrogen) atoms. The summed E-state index contributed by atoms with van der Waals surface area (Å²) in [4.78, 5) is 25.0. The lowest BCUT2D eigenvalue weighted by Crippen LogP contribution is -2.42. The van der Waals surface area contributed by atoms with E-state index in [1.165, 1.54) is 0 Å². The molecule has 0 saturated heterocycles. The van der Waals surface area contributed by atoms with Crippen molar-refractivity contribution in [3.63, 3.8) is 0 Å². The predicted molar refractivity (Wildman–Crippen MR) is 67.1 cm³/mol. The maximum absolute atomic E-state index is 12.0. The van der Waals surface area contributed by atoms with Gasteiger partial charge < -0.3 is 10.0 Å². The second-order valence-corrected chi connectivity index (χ2v) is 4.96. The fourth-order valence-corrected chi connectivity index (χ4v) is 2.35. The normalized spacial score (nSPS) is 18.6. The predicted octanol–water partition coefficient (Wildman–Crippen LogP) is 1.85. The van der Waals surface area contributed by atoms with Gasteiger partial charge in [-0.15, -0.1) is 0 Å². The molecule has 4 nitrogen and oxygen atoms in total. The molecule has 96 valence electrons. The number of rotatable bonds is 2. The Kier molecular flexibility index (Phi) is 3.36. The second kappa shape index (κ2) is 4.80. The van der Waals surface area contributed by atoms with Gasteiger partial charge in [-0.2, -0.15) is 0 Å². The number of carboxylic acids is 1. The van der Waals surface area contributed by atoms with E-state index in [0.29, 0.717) is 6.54 Å². The summed E-state index contributed by atoms with van der Waals surface area (Å²) < 4.78 is 0. The first-order valence-electron chi connectivity index (χ1n) is 6.10. The highest BCUT2D eigenvalue weighted by Crippen LogP contribution is 2.29. The van der Waals surface area contributed by atoms with Gasteiger partial charge in [0.1, 0.15) is 0 Å². The van der Waals surface area contributed by atoms with Crippen molar-refractivity contribution in [2.24, 2.45) is 5.92 Å². The lowest BCUT2D eigenvalue weighted by Gasteiger charge is -2.33. The number of carbonyl (C=O) groups is 2. The number of hydrogen-bond acceptors (Lipinski definition) is 2. The molecule has 2 rings (SSSR count). The van der Waals surface area contributed by atoms with Crippen LogP contribution in [0.1, 0.15) is 30.9 Å². The fourth-order valence-electron chi connectivity index (χ4n) is 2.35. The molecule has 1 aliphatic heterocycles. The molecule has 0 saturated carbocycles. The second-order valence-electron chi connectivity index (χ2n) is 4.96. The van der Waals surface area contributed by atoms with Gasteiger partial charge in [-0.3, -0.25) is 9.59 Å². The van der Waals surface area contributed by atoms with Gasteiger partial charge in [-0.1, -0.05) is 38.1 Å². The Hall–Kier alpha value is -1.84. The highest BCUT2D eigenvalue weighted by Gasteiger charge is 2.32. The largest absolute Gasteiger partial charge is 0.481 e. The minimum absolute atomic E-state index is 0.00996. The van der Waals surface area contributed by atoms with Crippen molar-refractivity contribution in [3.05, 3.63) is 35.4 Å². The number of hydrogen-bond donors (Lipinski definition) is 1. The van der Waals surface area contributed by atoms with Crippen LogP contribution in [0.4, 0.5) is 0 Å². The molecule has 1 aromatic carbocycles. The van der Waals surface area contributed by atoms with Gasteiger partial charge >= 0.3 is 5.97 Å². The zero-order chi connectivity index (χ0) is 13.3. The average Bonchev–Trinajstić information content (AvgIpc) is 2.36. The molecule has 0 spiro atoms. The molecule has 1 aromatic rings. The number of carboxylic acid groups (broad SMARTS) is 1. The lowest BCUT2D eigenvalue weighted by molar-refractivity contribution is -0.142. The van der Waals surface area contributed by atoms with Crippen molar-refractivity contribution in [2.75, 3.05) is 6.54 Å². The smallest absolute Gasteiger partial charge is 0.312 e. The van der Waals surface area contributed by atoms with Crippen molar-refractivity contribution in [2.45, 2.75) is 26.3 Å². The Morgan fingerprint density at radius 2 is 2.00 bits per heavy atom. The van der Waals surface area contributed by atoms with E-state index < -0.39 is 11.9 Å². The van der Waals surface area contributed by atoms with E-state index in [0.717, 1.165) is 11.1 Å². The Morgan fingerprint density at radius 1 is 1.33 bits per heavy atom. The molecule has 0 radical (unpaired) electrons. The number of benzene rings is 1. The SMILES string of the molecule is CC(C)C(=O)N1Cc2ccccc2C(C(=O)O)C1. The van der Waals surface area contributed by atoms with Gasteiger partial charge in [0.25, 0.3) is 0 Å². The third-order valence-electron chi connectivity index (χ3n) is 3.30. The third kappa shape index (κ3) is 2.23. The van der Waals surface area contributed by atoms with E-state index >= 15 is 0 Å². The van der Waals surface area contributed by atoms with E-state index in [9.17, 15) is 14.7 Å². The molecular formula is C14H17NO3. The highest BCUT2D eigenvalue weighted by atomic mass is 16.4. The minimum Gasteiger partial charge on any atom is -0.481 e. The van der Waals surface area contributed by atoms with Crippen LogP contribution in [0.5, 0.6) is 0 Å². The molecule has 0 aliphatic carbocycles. The Labute approximate surface area is 106 Å². The van der Waals surface area contributed by atoms with Gasteiger partial charge in [-0.05, 0) is 11.1 Å². The maximum Gasteiger partial charge on any atom is 0.312 e. The molecule has 1 atom stereocenters. The van der Waals surface area contributed by atoms with E-state index in [4.69, 9.17) is 0 Å². The van der Waals surface area contributed by atoms with Crippen LogP contribution in [-0.2, 0) is 16.1 Å². The average molecular weight is 247 g/mol. The maximum atomic E-state index is 12.0. The van der Waals surface area contributed by atoms with Crippen molar-refractivity contribution in [1.29, 1.82) is 0 Å². The first-order chi connectivity index (χ1) is 8.50. The van der Waals surface area contributed by atoms with Crippen LogP contribution in [0.15, 0.2) is 24.3 Å². The monoisotopic (exact) mass is 247 g/mol. The van der Waals surface area contributed by atoms with Crippen LogP contribution in [0.3, 0.4) is 0 Å². The molecule has 1 amide bonds. The summed E-state index contributed by atoms with van der Waals surface area (Å²) in [5.41, 5.74) is 1.77. The Bertz CT molecular complexity index is 482. The van der Waals surface area contributed by atoms with Gasteiger partial charge in [0, 0.05) is 19.0 Å². The van der Waals surface area contributed by atoms with Crippen molar-refractivity contribution < 1.29 is 14.7 Å².